The third-order valence-corrected chi connectivity index (χ3v) is 5.65. The van der Waals surface area contributed by atoms with E-state index in [9.17, 15) is 18.0 Å². The van der Waals surface area contributed by atoms with Crippen molar-refractivity contribution < 1.29 is 17.9 Å². The highest BCUT2D eigenvalue weighted by Gasteiger charge is 2.31. The van der Waals surface area contributed by atoms with Crippen LogP contribution in [0.2, 0.25) is 0 Å². The minimum atomic E-state index is -4.54. The molecule has 0 saturated carbocycles. The number of alkyl halides is 3. The third kappa shape index (κ3) is 4.14. The molecule has 0 spiro atoms. The van der Waals surface area contributed by atoms with Gasteiger partial charge in [-0.25, -0.2) is 4.98 Å². The summed E-state index contributed by atoms with van der Waals surface area (Å²) >= 11 is 0. The van der Waals surface area contributed by atoms with Gasteiger partial charge in [0.05, 0.1) is 29.8 Å². The molecule has 4 aromatic carbocycles. The Balaban J connectivity index is 1.73. The molecule has 5 nitrogen and oxygen atoms in total. The van der Waals surface area contributed by atoms with E-state index in [0.29, 0.717) is 22.2 Å². The van der Waals surface area contributed by atoms with Crippen molar-refractivity contribution in [3.05, 3.63) is 106 Å². The first-order valence-corrected chi connectivity index (χ1v) is 10.7. The second-order valence-electron chi connectivity index (χ2n) is 7.80. The van der Waals surface area contributed by atoms with Gasteiger partial charge in [0.2, 0.25) is 0 Å². The van der Waals surface area contributed by atoms with E-state index < -0.39 is 17.3 Å². The van der Waals surface area contributed by atoms with Crippen LogP contribution in [-0.4, -0.2) is 23.0 Å². The largest absolute Gasteiger partial charge is 0.496 e. The molecule has 0 aliphatic carbocycles. The molecule has 0 amide bonds. The summed E-state index contributed by atoms with van der Waals surface area (Å²) in [5.41, 5.74) is -0.131. The number of rotatable bonds is 4. The quantitative estimate of drug-likeness (QED) is 0.295. The van der Waals surface area contributed by atoms with Crippen LogP contribution in [0.5, 0.6) is 5.75 Å². The molecule has 0 fully saturated rings. The number of para-hydroxylation sites is 1. The molecule has 0 N–H and O–H groups in total. The standard InChI is InChI=1S/C27H18F3N3O2/c1-35-24-14-13-18(20-9-2-3-10-21(20)24)16-31-33-25(17-7-6-8-19(15-17)27(28,29)30)32-23-12-5-4-11-22(23)26(33)34/h2-16H,1H3. The van der Waals surface area contributed by atoms with E-state index >= 15 is 0 Å². The Kier molecular flexibility index (Phi) is 5.56. The zero-order chi connectivity index (χ0) is 24.6. The predicted molar refractivity (Wildman–Crippen MR) is 130 cm³/mol. The summed E-state index contributed by atoms with van der Waals surface area (Å²) in [5.74, 6) is 0.695. The minimum Gasteiger partial charge on any atom is -0.496 e. The zero-order valence-corrected chi connectivity index (χ0v) is 18.5. The van der Waals surface area contributed by atoms with Gasteiger partial charge in [-0.3, -0.25) is 4.79 Å². The maximum Gasteiger partial charge on any atom is 0.416 e. The van der Waals surface area contributed by atoms with Crippen molar-refractivity contribution in [3.63, 3.8) is 0 Å². The molecule has 0 radical (unpaired) electrons. The Morgan fingerprint density at radius 2 is 1.60 bits per heavy atom. The maximum absolute atomic E-state index is 13.4. The number of ether oxygens (including phenoxy) is 1. The number of methoxy groups -OCH3 is 1. The van der Waals surface area contributed by atoms with Gasteiger partial charge in [-0.15, -0.1) is 0 Å². The van der Waals surface area contributed by atoms with Gasteiger partial charge in [0, 0.05) is 16.5 Å². The molecule has 0 aliphatic rings. The third-order valence-electron chi connectivity index (χ3n) is 5.65. The van der Waals surface area contributed by atoms with E-state index in [1.807, 2.05) is 24.3 Å². The SMILES string of the molecule is COc1ccc(C=Nn2c(-c3cccc(C(F)(F)F)c3)nc3ccccc3c2=O)c2ccccc12. The van der Waals surface area contributed by atoms with Crippen LogP contribution in [0, 0.1) is 0 Å². The number of hydrogen-bond donors (Lipinski definition) is 0. The van der Waals surface area contributed by atoms with Crippen LogP contribution in [0.3, 0.4) is 0 Å². The van der Waals surface area contributed by atoms with Crippen molar-refractivity contribution in [1.29, 1.82) is 0 Å². The van der Waals surface area contributed by atoms with Crippen molar-refractivity contribution in [3.8, 4) is 17.1 Å². The number of fused-ring (bicyclic) bond motifs is 2. The molecule has 0 aliphatic heterocycles. The average molecular weight is 473 g/mol. The summed E-state index contributed by atoms with van der Waals surface area (Å²) in [5, 5.41) is 6.41. The molecule has 5 aromatic rings. The summed E-state index contributed by atoms with van der Waals surface area (Å²) in [6, 6.07) is 22.5. The Bertz CT molecular complexity index is 1660. The highest BCUT2D eigenvalue weighted by Crippen LogP contribution is 2.32. The first-order valence-electron chi connectivity index (χ1n) is 10.7. The molecule has 0 atom stereocenters. The first-order chi connectivity index (χ1) is 16.9. The molecule has 8 heteroatoms. The van der Waals surface area contributed by atoms with Gasteiger partial charge < -0.3 is 4.74 Å². The molecule has 174 valence electrons. The summed E-state index contributed by atoms with van der Waals surface area (Å²) in [6.45, 7) is 0. The smallest absolute Gasteiger partial charge is 0.416 e. The lowest BCUT2D eigenvalue weighted by Gasteiger charge is -2.12. The molecule has 0 bridgehead atoms. The Labute approximate surface area is 197 Å². The van der Waals surface area contributed by atoms with E-state index in [1.165, 1.54) is 18.3 Å². The van der Waals surface area contributed by atoms with Crippen LogP contribution in [0.1, 0.15) is 11.1 Å². The second-order valence-corrected chi connectivity index (χ2v) is 7.80. The van der Waals surface area contributed by atoms with Gasteiger partial charge in [0.25, 0.3) is 5.56 Å². The van der Waals surface area contributed by atoms with Crippen LogP contribution in [0.15, 0.2) is 94.8 Å². The fourth-order valence-corrected chi connectivity index (χ4v) is 3.96. The van der Waals surface area contributed by atoms with E-state index in [2.05, 4.69) is 10.1 Å². The van der Waals surface area contributed by atoms with Gasteiger partial charge in [0.1, 0.15) is 5.75 Å². The fraction of sp³-hybridized carbons (Fsp3) is 0.0741. The van der Waals surface area contributed by atoms with Crippen molar-refractivity contribution in [2.24, 2.45) is 5.10 Å². The summed E-state index contributed by atoms with van der Waals surface area (Å²) in [4.78, 5) is 17.8. The van der Waals surface area contributed by atoms with Crippen molar-refractivity contribution in [2.45, 2.75) is 6.18 Å². The number of hydrogen-bond acceptors (Lipinski definition) is 4. The molecular formula is C27H18F3N3O2. The monoisotopic (exact) mass is 473 g/mol. The van der Waals surface area contributed by atoms with Crippen LogP contribution in [-0.2, 0) is 6.18 Å². The fourth-order valence-electron chi connectivity index (χ4n) is 3.96. The van der Waals surface area contributed by atoms with Crippen LogP contribution in [0.25, 0.3) is 33.1 Å². The summed E-state index contributed by atoms with van der Waals surface area (Å²) in [6.07, 6.45) is -3.04. The Morgan fingerprint density at radius 3 is 2.34 bits per heavy atom. The Morgan fingerprint density at radius 1 is 0.886 bits per heavy atom. The lowest BCUT2D eigenvalue weighted by Crippen LogP contribution is -2.20. The molecule has 35 heavy (non-hydrogen) atoms. The van der Waals surface area contributed by atoms with Gasteiger partial charge >= 0.3 is 6.18 Å². The van der Waals surface area contributed by atoms with E-state index in [1.54, 1.807) is 43.5 Å². The van der Waals surface area contributed by atoms with Crippen molar-refractivity contribution >= 4 is 27.9 Å². The molecule has 5 rings (SSSR count). The second kappa shape index (κ2) is 8.72. The van der Waals surface area contributed by atoms with Gasteiger partial charge in [-0.05, 0) is 41.8 Å². The first kappa shape index (κ1) is 22.3. The van der Waals surface area contributed by atoms with Crippen LogP contribution >= 0.6 is 0 Å². The molecule has 1 heterocycles. The summed E-state index contributed by atoms with van der Waals surface area (Å²) < 4.78 is 46.6. The van der Waals surface area contributed by atoms with Crippen molar-refractivity contribution in [2.75, 3.05) is 7.11 Å². The minimum absolute atomic E-state index is 0.00821. The zero-order valence-electron chi connectivity index (χ0n) is 18.5. The van der Waals surface area contributed by atoms with E-state index in [-0.39, 0.29) is 11.4 Å². The predicted octanol–water partition coefficient (Wildman–Crippen LogP) is 6.13. The normalized spacial score (nSPS) is 12.0. The van der Waals surface area contributed by atoms with Gasteiger partial charge in [-0.2, -0.15) is 22.9 Å². The number of nitrogens with zero attached hydrogens (tertiary/aromatic N) is 3. The molecule has 0 saturated heterocycles. The molecular weight excluding hydrogens is 455 g/mol. The lowest BCUT2D eigenvalue weighted by atomic mass is 10.0. The average Bonchev–Trinajstić information content (AvgIpc) is 2.87. The molecule has 0 unspecified atom stereocenters. The van der Waals surface area contributed by atoms with Gasteiger partial charge in [0.15, 0.2) is 5.82 Å². The number of aromatic nitrogens is 2. The van der Waals surface area contributed by atoms with Crippen molar-refractivity contribution in [1.82, 2.24) is 9.66 Å². The molecule has 1 aromatic heterocycles. The number of halogens is 3. The topological polar surface area (TPSA) is 56.5 Å². The Hall–Kier alpha value is -4.46. The highest BCUT2D eigenvalue weighted by atomic mass is 19.4. The maximum atomic E-state index is 13.4. The van der Waals surface area contributed by atoms with Crippen LogP contribution in [0.4, 0.5) is 13.2 Å². The van der Waals surface area contributed by atoms with E-state index in [4.69, 9.17) is 4.74 Å². The van der Waals surface area contributed by atoms with Crippen LogP contribution < -0.4 is 10.3 Å². The lowest BCUT2D eigenvalue weighted by molar-refractivity contribution is -0.137. The number of benzene rings is 4. The summed E-state index contributed by atoms with van der Waals surface area (Å²) in [7, 11) is 1.58. The van der Waals surface area contributed by atoms with Gasteiger partial charge in [-0.1, -0.05) is 48.5 Å². The highest BCUT2D eigenvalue weighted by molar-refractivity contribution is 6.02. The van der Waals surface area contributed by atoms with E-state index in [0.717, 1.165) is 27.6 Å².